The Labute approximate surface area is 119 Å². The van der Waals surface area contributed by atoms with E-state index in [2.05, 4.69) is 9.98 Å². The average molecular weight is 283 g/mol. The molecule has 4 nitrogen and oxygen atoms in total. The summed E-state index contributed by atoms with van der Waals surface area (Å²) in [6.45, 7) is 1.84. The van der Waals surface area contributed by atoms with Gasteiger partial charge in [-0.05, 0) is 41.8 Å². The van der Waals surface area contributed by atoms with Gasteiger partial charge in [-0.3, -0.25) is 0 Å². The summed E-state index contributed by atoms with van der Waals surface area (Å²) in [6.07, 6.45) is 3.08. The van der Waals surface area contributed by atoms with E-state index in [1.54, 1.807) is 24.3 Å². The molecule has 0 radical (unpaired) electrons. The van der Waals surface area contributed by atoms with Gasteiger partial charge in [-0.15, -0.1) is 0 Å². The lowest BCUT2D eigenvalue weighted by Crippen LogP contribution is -1.84. The van der Waals surface area contributed by atoms with Crippen molar-refractivity contribution in [1.29, 1.82) is 0 Å². The Morgan fingerprint density at radius 2 is 1.80 bits per heavy atom. The molecule has 4 bridgehead atoms. The molecule has 0 unspecified atom stereocenters. The molecule has 0 heterocycles. The summed E-state index contributed by atoms with van der Waals surface area (Å²) in [7, 11) is 0. The van der Waals surface area contributed by atoms with Crippen molar-refractivity contribution in [2.75, 3.05) is 0 Å². The standard InChI is InChI=1S/C15H7ClN2O2/c1-8-10-5-13(17-6-19)14(15(8)18-7-20)9-2-3-12(16)11(10)4-9/h2-5H,1H3. The molecule has 96 valence electrons. The first-order chi connectivity index (χ1) is 9.67. The van der Waals surface area contributed by atoms with E-state index in [-0.39, 0.29) is 0 Å². The normalized spacial score (nSPS) is 10.5. The summed E-state index contributed by atoms with van der Waals surface area (Å²) in [4.78, 5) is 28.8. The third-order valence-corrected chi connectivity index (χ3v) is 3.73. The Balaban J connectivity index is 2.56. The molecule has 0 atom stereocenters. The number of hydrogen-bond acceptors (Lipinski definition) is 4. The summed E-state index contributed by atoms with van der Waals surface area (Å²) in [5, 5.41) is 0.589. The highest BCUT2D eigenvalue weighted by Crippen LogP contribution is 2.50. The van der Waals surface area contributed by atoms with Gasteiger partial charge in [-0.2, -0.15) is 9.98 Å². The van der Waals surface area contributed by atoms with E-state index in [9.17, 15) is 9.59 Å². The van der Waals surface area contributed by atoms with E-state index in [1.807, 2.05) is 13.0 Å². The van der Waals surface area contributed by atoms with Crippen LogP contribution in [0.2, 0.25) is 5.02 Å². The van der Waals surface area contributed by atoms with Gasteiger partial charge in [0.25, 0.3) is 0 Å². The van der Waals surface area contributed by atoms with Gasteiger partial charge < -0.3 is 0 Å². The Morgan fingerprint density at radius 3 is 2.50 bits per heavy atom. The number of fused-ring (bicyclic) bond motifs is 2. The topological polar surface area (TPSA) is 58.9 Å². The Kier molecular flexibility index (Phi) is 2.85. The van der Waals surface area contributed by atoms with Crippen molar-refractivity contribution in [2.24, 2.45) is 9.98 Å². The van der Waals surface area contributed by atoms with Crippen molar-refractivity contribution in [3.05, 3.63) is 34.9 Å². The SMILES string of the molecule is Cc1c2cc(N=C=O)c(c1N=C=O)-c1ccc(Cl)c-2c1. The van der Waals surface area contributed by atoms with Crippen LogP contribution in [0.3, 0.4) is 0 Å². The Hall–Kier alpha value is -2.51. The second kappa shape index (κ2) is 4.55. The van der Waals surface area contributed by atoms with Crippen molar-refractivity contribution >= 4 is 35.1 Å². The maximum atomic E-state index is 10.7. The number of aliphatic imine (C=N–C) groups is 2. The van der Waals surface area contributed by atoms with Crippen LogP contribution >= 0.6 is 11.6 Å². The van der Waals surface area contributed by atoms with E-state index in [0.29, 0.717) is 22.0 Å². The fourth-order valence-corrected chi connectivity index (χ4v) is 2.75. The fourth-order valence-electron chi connectivity index (χ4n) is 2.53. The summed E-state index contributed by atoms with van der Waals surface area (Å²) in [6, 6.07) is 7.23. The van der Waals surface area contributed by atoms with Gasteiger partial charge in [0.15, 0.2) is 0 Å². The molecule has 2 aliphatic rings. The van der Waals surface area contributed by atoms with Gasteiger partial charge >= 0.3 is 0 Å². The quantitative estimate of drug-likeness (QED) is 0.521. The molecule has 0 N–H and O–H groups in total. The molecular formula is C15H7ClN2O2. The minimum atomic E-state index is 0.423. The Morgan fingerprint density at radius 1 is 1.05 bits per heavy atom. The number of carbonyl (C=O) groups excluding carboxylic acids is 2. The molecule has 2 aromatic rings. The van der Waals surface area contributed by atoms with Gasteiger partial charge in [0.05, 0.1) is 11.4 Å². The largest absolute Gasteiger partial charge is 0.240 e. The predicted octanol–water partition coefficient (Wildman–Crippen LogP) is 4.23. The zero-order valence-electron chi connectivity index (χ0n) is 10.4. The molecule has 2 aliphatic carbocycles. The monoisotopic (exact) mass is 282 g/mol. The van der Waals surface area contributed by atoms with E-state index >= 15 is 0 Å². The molecule has 0 aromatic heterocycles. The number of hydrogen-bond donors (Lipinski definition) is 0. The van der Waals surface area contributed by atoms with Crippen LogP contribution in [0, 0.1) is 6.92 Å². The van der Waals surface area contributed by atoms with Crippen LogP contribution in [0.15, 0.2) is 34.3 Å². The molecule has 0 saturated carbocycles. The first kappa shape index (κ1) is 12.5. The molecule has 0 spiro atoms. The second-order valence-corrected chi connectivity index (χ2v) is 4.80. The van der Waals surface area contributed by atoms with Crippen LogP contribution in [0.25, 0.3) is 22.3 Å². The van der Waals surface area contributed by atoms with Crippen LogP contribution < -0.4 is 0 Å². The van der Waals surface area contributed by atoms with Crippen molar-refractivity contribution in [2.45, 2.75) is 6.92 Å². The Bertz CT molecular complexity index is 845. The smallest absolute Gasteiger partial charge is 0.211 e. The number of halogens is 1. The second-order valence-electron chi connectivity index (χ2n) is 4.39. The minimum absolute atomic E-state index is 0.423. The van der Waals surface area contributed by atoms with E-state index in [4.69, 9.17) is 11.6 Å². The lowest BCUT2D eigenvalue weighted by atomic mass is 9.99. The highest BCUT2D eigenvalue weighted by atomic mass is 35.5. The van der Waals surface area contributed by atoms with Crippen molar-refractivity contribution < 1.29 is 9.59 Å². The number of isocyanates is 2. The molecule has 4 rings (SSSR count). The average Bonchev–Trinajstić information content (AvgIpc) is 2.61. The number of nitrogens with zero attached hydrogens (tertiary/aromatic N) is 2. The summed E-state index contributed by atoms with van der Waals surface area (Å²) in [5.41, 5.74) is 4.73. The van der Waals surface area contributed by atoms with Crippen molar-refractivity contribution in [3.63, 3.8) is 0 Å². The minimum Gasteiger partial charge on any atom is -0.211 e. The van der Waals surface area contributed by atoms with E-state index in [1.165, 1.54) is 6.08 Å². The van der Waals surface area contributed by atoms with Gasteiger partial charge in [0.1, 0.15) is 0 Å². The van der Waals surface area contributed by atoms with Crippen LogP contribution in [0.5, 0.6) is 0 Å². The summed E-state index contributed by atoms with van der Waals surface area (Å²) >= 11 is 6.21. The third kappa shape index (κ3) is 1.64. The maximum Gasteiger partial charge on any atom is 0.240 e. The van der Waals surface area contributed by atoms with Crippen LogP contribution in [0.4, 0.5) is 11.4 Å². The van der Waals surface area contributed by atoms with E-state index < -0.39 is 0 Å². The lowest BCUT2D eigenvalue weighted by Gasteiger charge is -2.10. The zero-order chi connectivity index (χ0) is 14.3. The van der Waals surface area contributed by atoms with Gasteiger partial charge in [-0.1, -0.05) is 17.7 Å². The number of rotatable bonds is 2. The molecule has 0 fully saturated rings. The van der Waals surface area contributed by atoms with Crippen LogP contribution in [0.1, 0.15) is 5.56 Å². The fraction of sp³-hybridized carbons (Fsp3) is 0.0667. The zero-order valence-corrected chi connectivity index (χ0v) is 11.2. The number of benzene rings is 2. The highest BCUT2D eigenvalue weighted by molar-refractivity contribution is 6.33. The van der Waals surface area contributed by atoms with E-state index in [0.717, 1.165) is 22.3 Å². The molecule has 0 saturated heterocycles. The van der Waals surface area contributed by atoms with Crippen molar-refractivity contribution in [1.82, 2.24) is 0 Å². The molecule has 2 aromatic carbocycles. The maximum absolute atomic E-state index is 10.7. The molecular weight excluding hydrogens is 276 g/mol. The van der Waals surface area contributed by atoms with Crippen molar-refractivity contribution in [3.8, 4) is 22.3 Å². The lowest BCUT2D eigenvalue weighted by molar-refractivity contribution is 0.565. The van der Waals surface area contributed by atoms with Gasteiger partial charge in [-0.25, -0.2) is 9.59 Å². The van der Waals surface area contributed by atoms with Gasteiger partial charge in [0, 0.05) is 16.1 Å². The van der Waals surface area contributed by atoms with Crippen LogP contribution in [-0.2, 0) is 9.59 Å². The van der Waals surface area contributed by atoms with Crippen LogP contribution in [-0.4, -0.2) is 12.2 Å². The molecule has 0 amide bonds. The third-order valence-electron chi connectivity index (χ3n) is 3.40. The first-order valence-corrected chi connectivity index (χ1v) is 6.19. The summed E-state index contributed by atoms with van der Waals surface area (Å²) in [5.74, 6) is 0. The highest BCUT2D eigenvalue weighted by Gasteiger charge is 2.23. The molecule has 5 heteroatoms. The molecule has 0 aliphatic heterocycles. The van der Waals surface area contributed by atoms with Gasteiger partial charge in [0.2, 0.25) is 12.2 Å². The molecule has 20 heavy (non-hydrogen) atoms. The summed E-state index contributed by atoms with van der Waals surface area (Å²) < 4.78 is 0. The predicted molar refractivity (Wildman–Crippen MR) is 76.2 cm³/mol. The first-order valence-electron chi connectivity index (χ1n) is 5.81.